The Kier molecular flexibility index (Phi) is 4.64. The molecule has 0 saturated heterocycles. The number of hydrogen-bond donors (Lipinski definition) is 1. The normalized spacial score (nSPS) is 9.08. The van der Waals surface area contributed by atoms with E-state index in [0.717, 1.165) is 0 Å². The third-order valence-electron chi connectivity index (χ3n) is 1.07. The molecular formula is C6H8ClFN2O2S. The molecule has 0 spiro atoms. The van der Waals surface area contributed by atoms with Crippen LogP contribution in [0.1, 0.15) is 17.4 Å². The fourth-order valence-electron chi connectivity index (χ4n) is 0.642. The summed E-state index contributed by atoms with van der Waals surface area (Å²) in [5.41, 5.74) is 4.84. The average molecular weight is 227 g/mol. The lowest BCUT2D eigenvalue weighted by molar-refractivity contribution is 0.0515. The molecule has 13 heavy (non-hydrogen) atoms. The van der Waals surface area contributed by atoms with Crippen molar-refractivity contribution in [2.24, 2.45) is 0 Å². The van der Waals surface area contributed by atoms with Gasteiger partial charge in [-0.15, -0.1) is 12.4 Å². The monoisotopic (exact) mass is 226 g/mol. The van der Waals surface area contributed by atoms with Crippen molar-refractivity contribution in [3.63, 3.8) is 0 Å². The van der Waals surface area contributed by atoms with E-state index in [1.165, 1.54) is 0 Å². The topological polar surface area (TPSA) is 65.2 Å². The van der Waals surface area contributed by atoms with E-state index in [1.54, 1.807) is 6.92 Å². The molecule has 0 aliphatic rings. The number of esters is 1. The van der Waals surface area contributed by atoms with Crippen molar-refractivity contribution in [2.75, 3.05) is 12.3 Å². The van der Waals surface area contributed by atoms with Crippen LogP contribution in [0.4, 0.5) is 9.52 Å². The average Bonchev–Trinajstić information content (AvgIpc) is 2.30. The summed E-state index contributed by atoms with van der Waals surface area (Å²) in [6.45, 7) is 1.82. The van der Waals surface area contributed by atoms with Gasteiger partial charge in [0.05, 0.1) is 6.61 Å². The van der Waals surface area contributed by atoms with E-state index < -0.39 is 11.1 Å². The van der Waals surface area contributed by atoms with Gasteiger partial charge >= 0.3 is 5.97 Å². The first-order valence-electron chi connectivity index (χ1n) is 3.24. The Morgan fingerprint density at radius 1 is 1.77 bits per heavy atom. The number of thiazole rings is 1. The van der Waals surface area contributed by atoms with Crippen LogP contribution in [-0.4, -0.2) is 17.6 Å². The number of aromatic nitrogens is 1. The Labute approximate surface area is 84.3 Å². The van der Waals surface area contributed by atoms with Crippen molar-refractivity contribution in [2.45, 2.75) is 6.92 Å². The van der Waals surface area contributed by atoms with Crippen molar-refractivity contribution in [3.05, 3.63) is 10.8 Å². The molecule has 0 aromatic carbocycles. The number of anilines is 1. The highest BCUT2D eigenvalue weighted by molar-refractivity contribution is 7.14. The highest BCUT2D eigenvalue weighted by atomic mass is 35.5. The first kappa shape index (κ1) is 12.1. The van der Waals surface area contributed by atoms with Gasteiger partial charge in [0.2, 0.25) is 5.13 Å². The molecule has 2 N–H and O–H groups in total. The Bertz CT molecular complexity index is 305. The van der Waals surface area contributed by atoms with Crippen LogP contribution in [0.15, 0.2) is 0 Å². The smallest absolute Gasteiger partial charge is 0.361 e. The number of nitrogens with zero attached hydrogens (tertiary/aromatic N) is 1. The van der Waals surface area contributed by atoms with Gasteiger partial charge in [0, 0.05) is 0 Å². The van der Waals surface area contributed by atoms with Crippen LogP contribution in [0.2, 0.25) is 0 Å². The van der Waals surface area contributed by atoms with E-state index in [4.69, 9.17) is 5.73 Å². The molecule has 0 saturated carbocycles. The molecule has 4 nitrogen and oxygen atoms in total. The summed E-state index contributed by atoms with van der Waals surface area (Å²) in [5, 5.41) is -0.679. The van der Waals surface area contributed by atoms with Gasteiger partial charge < -0.3 is 10.5 Å². The first-order valence-corrected chi connectivity index (χ1v) is 4.05. The maximum atomic E-state index is 12.8. The van der Waals surface area contributed by atoms with E-state index in [0.29, 0.717) is 11.3 Å². The molecule has 0 bridgehead atoms. The van der Waals surface area contributed by atoms with Gasteiger partial charge in [-0.2, -0.15) is 4.39 Å². The maximum Gasteiger partial charge on any atom is 0.361 e. The SMILES string of the molecule is CCOC(=O)c1nc(N)sc1F.Cl. The predicted molar refractivity (Wildman–Crippen MR) is 49.7 cm³/mol. The van der Waals surface area contributed by atoms with Gasteiger partial charge in [0.1, 0.15) is 0 Å². The van der Waals surface area contributed by atoms with Crippen molar-refractivity contribution in [1.29, 1.82) is 0 Å². The van der Waals surface area contributed by atoms with Crippen molar-refractivity contribution in [1.82, 2.24) is 4.98 Å². The van der Waals surface area contributed by atoms with E-state index in [2.05, 4.69) is 9.72 Å². The van der Waals surface area contributed by atoms with Crippen LogP contribution in [0.25, 0.3) is 0 Å². The first-order chi connectivity index (χ1) is 5.65. The zero-order valence-electron chi connectivity index (χ0n) is 6.74. The number of hydrogen-bond acceptors (Lipinski definition) is 5. The zero-order valence-corrected chi connectivity index (χ0v) is 8.38. The molecule has 0 fully saturated rings. The van der Waals surface area contributed by atoms with Crippen molar-refractivity contribution >= 4 is 34.8 Å². The molecule has 0 radical (unpaired) electrons. The Morgan fingerprint density at radius 2 is 2.38 bits per heavy atom. The Balaban J connectivity index is 0.00000144. The molecule has 74 valence electrons. The molecule has 1 heterocycles. The molecule has 0 aliphatic carbocycles. The van der Waals surface area contributed by atoms with Crippen LogP contribution in [0, 0.1) is 5.13 Å². The molecule has 0 unspecified atom stereocenters. The third-order valence-corrected chi connectivity index (χ3v) is 1.74. The summed E-state index contributed by atoms with van der Waals surface area (Å²) in [4.78, 5) is 14.4. The van der Waals surface area contributed by atoms with Crippen LogP contribution < -0.4 is 5.73 Å². The number of nitrogen functional groups attached to an aromatic ring is 1. The lowest BCUT2D eigenvalue weighted by atomic mass is 10.5. The summed E-state index contributed by atoms with van der Waals surface area (Å²) in [6, 6.07) is 0. The van der Waals surface area contributed by atoms with E-state index in [9.17, 15) is 9.18 Å². The van der Waals surface area contributed by atoms with E-state index in [-0.39, 0.29) is 29.8 Å². The fraction of sp³-hybridized carbons (Fsp3) is 0.333. The Hall–Kier alpha value is -0.880. The minimum Gasteiger partial charge on any atom is -0.461 e. The van der Waals surface area contributed by atoms with Gasteiger partial charge in [-0.25, -0.2) is 9.78 Å². The fourth-order valence-corrected chi connectivity index (χ4v) is 1.19. The van der Waals surface area contributed by atoms with Gasteiger partial charge in [-0.1, -0.05) is 11.3 Å². The molecule has 1 aromatic rings. The second kappa shape index (κ2) is 4.98. The lowest BCUT2D eigenvalue weighted by Gasteiger charge is -1.95. The molecule has 1 rings (SSSR count). The number of ether oxygens (including phenoxy) is 1. The quantitative estimate of drug-likeness (QED) is 0.776. The van der Waals surface area contributed by atoms with Crippen LogP contribution in [-0.2, 0) is 4.74 Å². The number of carbonyl (C=O) groups excluding carboxylic acids is 1. The van der Waals surface area contributed by atoms with Crippen molar-refractivity contribution < 1.29 is 13.9 Å². The standard InChI is InChI=1S/C6H7FN2O2S.ClH/c1-2-11-5(10)3-4(7)12-6(8)9-3;/h2H2,1H3,(H2,8,9);1H. The van der Waals surface area contributed by atoms with Crippen LogP contribution in [0.5, 0.6) is 0 Å². The van der Waals surface area contributed by atoms with Crippen molar-refractivity contribution in [3.8, 4) is 0 Å². The minimum absolute atomic E-state index is 0. The molecule has 0 atom stereocenters. The number of rotatable bonds is 2. The Morgan fingerprint density at radius 3 is 2.77 bits per heavy atom. The summed E-state index contributed by atoms with van der Waals surface area (Å²) >= 11 is 0.623. The predicted octanol–water partition coefficient (Wildman–Crippen LogP) is 1.46. The van der Waals surface area contributed by atoms with E-state index in [1.807, 2.05) is 0 Å². The zero-order chi connectivity index (χ0) is 9.14. The highest BCUT2D eigenvalue weighted by Crippen LogP contribution is 2.18. The molecular weight excluding hydrogens is 219 g/mol. The second-order valence-corrected chi connectivity index (χ2v) is 2.88. The summed E-state index contributed by atoms with van der Waals surface area (Å²) in [7, 11) is 0. The molecule has 0 amide bonds. The van der Waals surface area contributed by atoms with Crippen LogP contribution >= 0.6 is 23.7 Å². The number of nitrogens with two attached hydrogens (primary N) is 1. The molecule has 1 aromatic heterocycles. The van der Waals surface area contributed by atoms with Gasteiger partial charge in [-0.05, 0) is 6.92 Å². The van der Waals surface area contributed by atoms with Crippen LogP contribution in [0.3, 0.4) is 0 Å². The van der Waals surface area contributed by atoms with Gasteiger partial charge in [0.25, 0.3) is 0 Å². The van der Waals surface area contributed by atoms with Gasteiger partial charge in [-0.3, -0.25) is 0 Å². The second-order valence-electron chi connectivity index (χ2n) is 1.89. The minimum atomic E-state index is -0.775. The lowest BCUT2D eigenvalue weighted by Crippen LogP contribution is -2.06. The largest absolute Gasteiger partial charge is 0.461 e. The number of carbonyl (C=O) groups is 1. The number of halogens is 2. The maximum absolute atomic E-state index is 12.8. The summed E-state index contributed by atoms with van der Waals surface area (Å²) < 4.78 is 17.3. The van der Waals surface area contributed by atoms with E-state index >= 15 is 0 Å². The highest BCUT2D eigenvalue weighted by Gasteiger charge is 2.17. The summed E-state index contributed by atoms with van der Waals surface area (Å²) in [5.74, 6) is -0.775. The molecule has 7 heteroatoms. The molecule has 0 aliphatic heterocycles. The summed E-state index contributed by atoms with van der Waals surface area (Å²) in [6.07, 6.45) is 0. The van der Waals surface area contributed by atoms with Gasteiger partial charge in [0.15, 0.2) is 10.8 Å². The third kappa shape index (κ3) is 2.82.